The summed E-state index contributed by atoms with van der Waals surface area (Å²) in [4.78, 5) is 10.7. The molecule has 1 aliphatic rings. The highest BCUT2D eigenvalue weighted by Gasteiger charge is 2.10. The highest BCUT2D eigenvalue weighted by molar-refractivity contribution is 14.1. The summed E-state index contributed by atoms with van der Waals surface area (Å²) in [7, 11) is 0. The van der Waals surface area contributed by atoms with Crippen LogP contribution in [-0.4, -0.2) is 23.1 Å². The van der Waals surface area contributed by atoms with Gasteiger partial charge in [-0.25, -0.2) is 9.97 Å². The third-order valence-electron chi connectivity index (χ3n) is 3.52. The molecule has 1 aromatic carbocycles. The van der Waals surface area contributed by atoms with Crippen molar-refractivity contribution in [3.05, 3.63) is 40.4 Å². The van der Waals surface area contributed by atoms with E-state index in [1.54, 1.807) is 12.5 Å². The first-order valence-electron chi connectivity index (χ1n) is 6.90. The van der Waals surface area contributed by atoms with Gasteiger partial charge in [-0.05, 0) is 66.1 Å². The fraction of sp³-hybridized carbons (Fsp3) is 0.333. The fourth-order valence-corrected chi connectivity index (χ4v) is 2.88. The summed E-state index contributed by atoms with van der Waals surface area (Å²) < 4.78 is 1.02. The van der Waals surface area contributed by atoms with Crippen molar-refractivity contribution in [2.45, 2.75) is 19.3 Å². The topological polar surface area (TPSA) is 41.1 Å². The fourth-order valence-electron chi connectivity index (χ4n) is 2.45. The molecule has 0 spiro atoms. The SMILES string of the molecule is Ic1cncnc1Nc1ccc(N2CCCCC2)cc1. The van der Waals surface area contributed by atoms with Gasteiger partial charge >= 0.3 is 0 Å². The molecule has 0 radical (unpaired) electrons. The Morgan fingerprint density at radius 1 is 1.05 bits per heavy atom. The Labute approximate surface area is 132 Å². The van der Waals surface area contributed by atoms with Crippen LogP contribution in [0.4, 0.5) is 17.2 Å². The molecule has 1 N–H and O–H groups in total. The van der Waals surface area contributed by atoms with Gasteiger partial charge in [0.15, 0.2) is 0 Å². The number of halogens is 1. The van der Waals surface area contributed by atoms with Gasteiger partial charge in [-0.1, -0.05) is 0 Å². The van der Waals surface area contributed by atoms with Crippen LogP contribution in [-0.2, 0) is 0 Å². The second-order valence-corrected chi connectivity index (χ2v) is 6.10. The van der Waals surface area contributed by atoms with Crippen LogP contribution in [0, 0.1) is 3.57 Å². The number of anilines is 3. The quantitative estimate of drug-likeness (QED) is 0.823. The Morgan fingerprint density at radius 3 is 2.50 bits per heavy atom. The van der Waals surface area contributed by atoms with Crippen LogP contribution >= 0.6 is 22.6 Å². The normalized spacial score (nSPS) is 15.2. The van der Waals surface area contributed by atoms with E-state index >= 15 is 0 Å². The zero-order valence-electron chi connectivity index (χ0n) is 11.2. The summed E-state index contributed by atoms with van der Waals surface area (Å²) in [5.74, 6) is 0.853. The Balaban J connectivity index is 1.71. The Hall–Kier alpha value is -1.37. The second kappa shape index (κ2) is 6.39. The average molecular weight is 380 g/mol. The largest absolute Gasteiger partial charge is 0.372 e. The van der Waals surface area contributed by atoms with E-state index in [-0.39, 0.29) is 0 Å². The number of aromatic nitrogens is 2. The van der Waals surface area contributed by atoms with Crippen LogP contribution in [0.2, 0.25) is 0 Å². The zero-order valence-corrected chi connectivity index (χ0v) is 13.4. The molecule has 0 aliphatic carbocycles. The minimum atomic E-state index is 0.853. The maximum atomic E-state index is 4.25. The molecule has 2 heterocycles. The molecule has 4 nitrogen and oxygen atoms in total. The van der Waals surface area contributed by atoms with E-state index in [1.165, 1.54) is 38.0 Å². The van der Waals surface area contributed by atoms with Gasteiger partial charge in [0.05, 0.1) is 3.57 Å². The van der Waals surface area contributed by atoms with E-state index in [4.69, 9.17) is 0 Å². The van der Waals surface area contributed by atoms with Gasteiger partial charge in [0.2, 0.25) is 0 Å². The summed E-state index contributed by atoms with van der Waals surface area (Å²) in [6.45, 7) is 2.35. The smallest absolute Gasteiger partial charge is 0.147 e. The number of nitrogens with zero attached hydrogens (tertiary/aromatic N) is 3. The molecule has 1 aromatic heterocycles. The average Bonchev–Trinajstić information content (AvgIpc) is 2.51. The lowest BCUT2D eigenvalue weighted by molar-refractivity contribution is 0.578. The molecular weight excluding hydrogens is 363 g/mol. The monoisotopic (exact) mass is 380 g/mol. The van der Waals surface area contributed by atoms with Gasteiger partial charge in [-0.15, -0.1) is 0 Å². The van der Waals surface area contributed by atoms with E-state index in [0.29, 0.717) is 0 Å². The van der Waals surface area contributed by atoms with Crippen molar-refractivity contribution in [1.29, 1.82) is 0 Å². The lowest BCUT2D eigenvalue weighted by Crippen LogP contribution is -2.29. The number of piperidine rings is 1. The summed E-state index contributed by atoms with van der Waals surface area (Å²) in [5, 5.41) is 3.33. The lowest BCUT2D eigenvalue weighted by Gasteiger charge is -2.28. The van der Waals surface area contributed by atoms with Crippen molar-refractivity contribution in [1.82, 2.24) is 9.97 Å². The standard InChI is InChI=1S/C15H17IN4/c16-14-10-17-11-18-15(14)19-12-4-6-13(7-5-12)20-8-2-1-3-9-20/h4-7,10-11H,1-3,8-9H2,(H,17,18,19). The molecule has 1 fully saturated rings. The third kappa shape index (κ3) is 3.20. The predicted molar refractivity (Wildman–Crippen MR) is 90.5 cm³/mol. The van der Waals surface area contributed by atoms with Gasteiger partial charge in [0.1, 0.15) is 12.1 Å². The Morgan fingerprint density at radius 2 is 1.80 bits per heavy atom. The number of hydrogen-bond donors (Lipinski definition) is 1. The summed E-state index contributed by atoms with van der Waals surface area (Å²) >= 11 is 2.23. The van der Waals surface area contributed by atoms with E-state index in [2.05, 4.69) is 67.0 Å². The first-order valence-corrected chi connectivity index (χ1v) is 7.98. The first-order chi connectivity index (χ1) is 9.83. The van der Waals surface area contributed by atoms with Crippen molar-refractivity contribution in [3.8, 4) is 0 Å². The second-order valence-electron chi connectivity index (χ2n) is 4.94. The van der Waals surface area contributed by atoms with Crippen molar-refractivity contribution < 1.29 is 0 Å². The Bertz CT molecular complexity index is 564. The van der Waals surface area contributed by atoms with Gasteiger partial charge in [0, 0.05) is 30.7 Å². The van der Waals surface area contributed by atoms with E-state index in [1.807, 2.05) is 0 Å². The van der Waals surface area contributed by atoms with Gasteiger partial charge in [-0.3, -0.25) is 0 Å². The maximum Gasteiger partial charge on any atom is 0.147 e. The summed E-state index contributed by atoms with van der Waals surface area (Å²) in [6, 6.07) is 8.59. The van der Waals surface area contributed by atoms with Crippen LogP contribution in [0.3, 0.4) is 0 Å². The molecule has 5 heteroatoms. The summed E-state index contributed by atoms with van der Waals surface area (Å²) in [5.41, 5.74) is 2.37. The van der Waals surface area contributed by atoms with Crippen LogP contribution in [0.5, 0.6) is 0 Å². The highest BCUT2D eigenvalue weighted by Crippen LogP contribution is 2.24. The molecule has 1 saturated heterocycles. The first kappa shape index (κ1) is 13.6. The van der Waals surface area contributed by atoms with E-state index < -0.39 is 0 Å². The molecule has 2 aromatic rings. The van der Waals surface area contributed by atoms with Gasteiger partial charge < -0.3 is 10.2 Å². The number of rotatable bonds is 3. The third-order valence-corrected chi connectivity index (χ3v) is 4.31. The zero-order chi connectivity index (χ0) is 13.8. The molecule has 0 saturated carbocycles. The molecule has 104 valence electrons. The van der Waals surface area contributed by atoms with Crippen molar-refractivity contribution in [2.75, 3.05) is 23.3 Å². The van der Waals surface area contributed by atoms with Gasteiger partial charge in [-0.2, -0.15) is 0 Å². The van der Waals surface area contributed by atoms with Crippen molar-refractivity contribution >= 4 is 39.8 Å². The molecule has 0 unspecified atom stereocenters. The maximum absolute atomic E-state index is 4.25. The van der Waals surface area contributed by atoms with Crippen molar-refractivity contribution in [2.24, 2.45) is 0 Å². The number of nitrogens with one attached hydrogen (secondary N) is 1. The molecule has 1 aliphatic heterocycles. The van der Waals surface area contributed by atoms with Crippen molar-refractivity contribution in [3.63, 3.8) is 0 Å². The van der Waals surface area contributed by atoms with Crippen LogP contribution < -0.4 is 10.2 Å². The van der Waals surface area contributed by atoms with Crippen LogP contribution in [0.25, 0.3) is 0 Å². The Kier molecular flexibility index (Phi) is 4.34. The summed E-state index contributed by atoms with van der Waals surface area (Å²) in [6.07, 6.45) is 7.34. The minimum absolute atomic E-state index is 0.853. The predicted octanol–water partition coefficient (Wildman–Crippen LogP) is 3.82. The molecule has 20 heavy (non-hydrogen) atoms. The van der Waals surface area contributed by atoms with E-state index in [9.17, 15) is 0 Å². The van der Waals surface area contributed by atoms with Gasteiger partial charge in [0.25, 0.3) is 0 Å². The lowest BCUT2D eigenvalue weighted by atomic mass is 10.1. The minimum Gasteiger partial charge on any atom is -0.372 e. The molecule has 0 atom stereocenters. The molecule has 0 bridgehead atoms. The number of benzene rings is 1. The molecule has 3 rings (SSSR count). The molecule has 0 amide bonds. The van der Waals surface area contributed by atoms with E-state index in [0.717, 1.165) is 15.1 Å². The van der Waals surface area contributed by atoms with Crippen LogP contribution in [0.15, 0.2) is 36.8 Å². The number of hydrogen-bond acceptors (Lipinski definition) is 4. The molecular formula is C15H17IN4. The van der Waals surface area contributed by atoms with Crippen LogP contribution in [0.1, 0.15) is 19.3 Å². The highest BCUT2D eigenvalue weighted by atomic mass is 127.